The maximum Gasteiger partial charge on any atom is 0.166 e. The molecule has 0 fully saturated rings. The molecule has 0 N–H and O–H groups in total. The van der Waals surface area contributed by atoms with Gasteiger partial charge in [-0.05, 0) is 44.4 Å². The second-order valence-electron chi connectivity index (χ2n) is 4.85. The number of rotatable bonds is 4. The first kappa shape index (κ1) is 17.0. The minimum Gasteiger partial charge on any atom is -0.300 e. The van der Waals surface area contributed by atoms with Gasteiger partial charge in [0.15, 0.2) is 5.78 Å². The van der Waals surface area contributed by atoms with E-state index in [0.717, 1.165) is 16.7 Å². The van der Waals surface area contributed by atoms with Crippen LogP contribution in [0.3, 0.4) is 0 Å². The SMILES string of the molecule is CC(=O)CC(C)C(=O)c1ccc(C)c(C)c1C.P. The lowest BCUT2D eigenvalue weighted by molar-refractivity contribution is -0.117. The van der Waals surface area contributed by atoms with E-state index in [2.05, 4.69) is 0 Å². The van der Waals surface area contributed by atoms with Crippen LogP contribution in [0, 0.1) is 26.7 Å². The summed E-state index contributed by atoms with van der Waals surface area (Å²) in [4.78, 5) is 23.3. The standard InChI is InChI=1S/C15H20O2.H3P/c1-9-6-7-14(13(5)12(9)4)15(17)10(2)8-11(3)16;/h6-7,10H,8H2,1-5H3;1H3. The van der Waals surface area contributed by atoms with Crippen LogP contribution in [0.1, 0.15) is 47.3 Å². The third kappa shape index (κ3) is 3.74. The molecular weight excluding hydrogens is 243 g/mol. The molecule has 0 aliphatic rings. The van der Waals surface area contributed by atoms with Crippen LogP contribution in [0.25, 0.3) is 0 Å². The summed E-state index contributed by atoms with van der Waals surface area (Å²) in [6.07, 6.45) is 0.325. The summed E-state index contributed by atoms with van der Waals surface area (Å²) in [5, 5.41) is 0. The normalized spacial score (nSPS) is 11.6. The third-order valence-corrected chi connectivity index (χ3v) is 3.36. The molecule has 0 amide bonds. The maximum atomic E-state index is 12.2. The van der Waals surface area contributed by atoms with Crippen LogP contribution >= 0.6 is 9.90 Å². The van der Waals surface area contributed by atoms with Crippen molar-refractivity contribution >= 4 is 21.5 Å². The highest BCUT2D eigenvalue weighted by atomic mass is 31.0. The van der Waals surface area contributed by atoms with Crippen molar-refractivity contribution in [3.8, 4) is 0 Å². The van der Waals surface area contributed by atoms with Crippen molar-refractivity contribution < 1.29 is 9.59 Å². The fourth-order valence-corrected chi connectivity index (χ4v) is 2.01. The van der Waals surface area contributed by atoms with Crippen LogP contribution in [0.2, 0.25) is 0 Å². The molecular formula is C15H23O2P. The molecule has 0 saturated carbocycles. The van der Waals surface area contributed by atoms with Crippen molar-refractivity contribution in [2.24, 2.45) is 5.92 Å². The van der Waals surface area contributed by atoms with E-state index in [4.69, 9.17) is 0 Å². The lowest BCUT2D eigenvalue weighted by Crippen LogP contribution is -2.16. The van der Waals surface area contributed by atoms with Gasteiger partial charge in [0.1, 0.15) is 5.78 Å². The minimum atomic E-state index is -0.228. The summed E-state index contributed by atoms with van der Waals surface area (Å²) in [6, 6.07) is 3.84. The molecule has 0 aromatic heterocycles. The molecule has 0 aliphatic heterocycles. The number of benzene rings is 1. The Morgan fingerprint density at radius 2 is 1.67 bits per heavy atom. The van der Waals surface area contributed by atoms with Crippen LogP contribution in [-0.4, -0.2) is 11.6 Å². The minimum absolute atomic E-state index is 0. The molecule has 1 aromatic rings. The number of aryl methyl sites for hydroxylation is 1. The molecule has 0 spiro atoms. The van der Waals surface area contributed by atoms with Gasteiger partial charge in [-0.1, -0.05) is 19.1 Å². The zero-order chi connectivity index (χ0) is 13.2. The van der Waals surface area contributed by atoms with E-state index in [-0.39, 0.29) is 27.4 Å². The Morgan fingerprint density at radius 3 is 2.17 bits per heavy atom. The summed E-state index contributed by atoms with van der Waals surface area (Å²) < 4.78 is 0. The number of carbonyl (C=O) groups excluding carboxylic acids is 2. The molecule has 0 saturated heterocycles. The third-order valence-electron chi connectivity index (χ3n) is 3.36. The van der Waals surface area contributed by atoms with Gasteiger partial charge in [-0.3, -0.25) is 4.79 Å². The van der Waals surface area contributed by atoms with Crippen LogP contribution in [0.5, 0.6) is 0 Å². The van der Waals surface area contributed by atoms with Crippen LogP contribution in [-0.2, 0) is 4.79 Å². The van der Waals surface area contributed by atoms with E-state index in [9.17, 15) is 9.59 Å². The maximum absolute atomic E-state index is 12.2. The molecule has 1 rings (SSSR count). The largest absolute Gasteiger partial charge is 0.300 e. The highest BCUT2D eigenvalue weighted by molar-refractivity contribution is 6.92. The lowest BCUT2D eigenvalue weighted by Gasteiger charge is -2.13. The summed E-state index contributed by atoms with van der Waals surface area (Å²) in [5.41, 5.74) is 4.14. The molecule has 3 heteroatoms. The average molecular weight is 266 g/mol. The van der Waals surface area contributed by atoms with Crippen molar-refractivity contribution in [3.63, 3.8) is 0 Å². The number of hydrogen-bond donors (Lipinski definition) is 0. The van der Waals surface area contributed by atoms with E-state index in [1.807, 2.05) is 39.8 Å². The van der Waals surface area contributed by atoms with E-state index in [1.165, 1.54) is 12.5 Å². The summed E-state index contributed by atoms with van der Waals surface area (Å²) in [5.74, 6) is -0.0959. The Morgan fingerprint density at radius 1 is 1.11 bits per heavy atom. The van der Waals surface area contributed by atoms with E-state index in [1.54, 1.807) is 0 Å². The molecule has 0 aliphatic carbocycles. The van der Waals surface area contributed by atoms with Crippen LogP contribution in [0.4, 0.5) is 0 Å². The Bertz CT molecular complexity index is 464. The Labute approximate surface area is 113 Å². The average Bonchev–Trinajstić information content (AvgIpc) is 2.24. The van der Waals surface area contributed by atoms with Gasteiger partial charge in [-0.2, -0.15) is 9.90 Å². The van der Waals surface area contributed by atoms with Gasteiger partial charge in [0, 0.05) is 17.9 Å². The number of Topliss-reactive ketones (excluding diaryl/α,β-unsaturated/α-hetero) is 2. The van der Waals surface area contributed by atoms with Crippen molar-refractivity contribution in [1.82, 2.24) is 0 Å². The second-order valence-corrected chi connectivity index (χ2v) is 4.85. The zero-order valence-electron chi connectivity index (χ0n) is 12.0. The molecule has 18 heavy (non-hydrogen) atoms. The molecule has 0 radical (unpaired) electrons. The predicted octanol–water partition coefficient (Wildman–Crippen LogP) is 3.47. The second kappa shape index (κ2) is 6.80. The van der Waals surface area contributed by atoms with Crippen molar-refractivity contribution in [1.29, 1.82) is 0 Å². The summed E-state index contributed by atoms with van der Waals surface area (Å²) in [7, 11) is 0. The van der Waals surface area contributed by atoms with Crippen LogP contribution < -0.4 is 0 Å². The molecule has 2 nitrogen and oxygen atoms in total. The molecule has 1 aromatic carbocycles. The first-order valence-electron chi connectivity index (χ1n) is 5.95. The highest BCUT2D eigenvalue weighted by Gasteiger charge is 2.19. The molecule has 0 bridgehead atoms. The summed E-state index contributed by atoms with van der Waals surface area (Å²) in [6.45, 7) is 9.37. The molecule has 0 heterocycles. The smallest absolute Gasteiger partial charge is 0.166 e. The lowest BCUT2D eigenvalue weighted by atomic mass is 9.89. The van der Waals surface area contributed by atoms with E-state index < -0.39 is 0 Å². The highest BCUT2D eigenvalue weighted by Crippen LogP contribution is 2.21. The zero-order valence-corrected chi connectivity index (χ0v) is 13.4. The van der Waals surface area contributed by atoms with Gasteiger partial charge in [-0.25, -0.2) is 0 Å². The first-order chi connectivity index (χ1) is 7.84. The predicted molar refractivity (Wildman–Crippen MR) is 80.6 cm³/mol. The van der Waals surface area contributed by atoms with Gasteiger partial charge in [0.25, 0.3) is 0 Å². The van der Waals surface area contributed by atoms with Gasteiger partial charge < -0.3 is 4.79 Å². The van der Waals surface area contributed by atoms with Crippen molar-refractivity contribution in [2.75, 3.05) is 0 Å². The topological polar surface area (TPSA) is 34.1 Å². The Balaban J connectivity index is 0.00000289. The quantitative estimate of drug-likeness (QED) is 0.617. The fraction of sp³-hybridized carbons (Fsp3) is 0.467. The van der Waals surface area contributed by atoms with Gasteiger partial charge >= 0.3 is 0 Å². The van der Waals surface area contributed by atoms with E-state index in [0.29, 0.717) is 6.42 Å². The van der Waals surface area contributed by atoms with Gasteiger partial charge in [-0.15, -0.1) is 0 Å². The number of ketones is 2. The fourth-order valence-electron chi connectivity index (χ4n) is 2.01. The Hall–Kier alpha value is -1.01. The molecule has 2 atom stereocenters. The van der Waals surface area contributed by atoms with Crippen molar-refractivity contribution in [3.05, 3.63) is 34.4 Å². The monoisotopic (exact) mass is 266 g/mol. The summed E-state index contributed by atoms with van der Waals surface area (Å²) >= 11 is 0. The van der Waals surface area contributed by atoms with Gasteiger partial charge in [0.05, 0.1) is 0 Å². The van der Waals surface area contributed by atoms with Gasteiger partial charge in [0.2, 0.25) is 0 Å². The molecule has 2 unspecified atom stereocenters. The number of hydrogen-bond acceptors (Lipinski definition) is 2. The molecule has 100 valence electrons. The first-order valence-corrected chi connectivity index (χ1v) is 5.95. The number of carbonyl (C=O) groups is 2. The van der Waals surface area contributed by atoms with E-state index >= 15 is 0 Å². The van der Waals surface area contributed by atoms with Crippen LogP contribution in [0.15, 0.2) is 12.1 Å². The Kier molecular flexibility index (Phi) is 6.42. The van der Waals surface area contributed by atoms with Crippen molar-refractivity contribution in [2.45, 2.75) is 41.0 Å².